The highest BCUT2D eigenvalue weighted by molar-refractivity contribution is 6.40. The molecule has 4 aromatic carbocycles. The van der Waals surface area contributed by atoms with Crippen LogP contribution in [0, 0.1) is 0 Å². The molecule has 4 nitrogen and oxygen atoms in total. The van der Waals surface area contributed by atoms with Crippen LogP contribution in [-0.2, 0) is 0 Å². The number of carbonyl (C=O) groups excluding carboxylic acids is 1. The first-order valence-electron chi connectivity index (χ1n) is 10.2. The summed E-state index contributed by atoms with van der Waals surface area (Å²) in [6, 6.07) is 25.3. The predicted molar refractivity (Wildman–Crippen MR) is 135 cm³/mol. The van der Waals surface area contributed by atoms with Crippen molar-refractivity contribution in [2.24, 2.45) is 0 Å². The van der Waals surface area contributed by atoms with Crippen LogP contribution in [-0.4, -0.2) is 12.5 Å². The second kappa shape index (κ2) is 8.58. The summed E-state index contributed by atoms with van der Waals surface area (Å²) in [7, 11) is 0. The molecule has 5 rings (SSSR count). The van der Waals surface area contributed by atoms with E-state index in [0.29, 0.717) is 15.7 Å². The van der Waals surface area contributed by atoms with E-state index in [1.165, 1.54) is 10.8 Å². The molecule has 0 radical (unpaired) electrons. The van der Waals surface area contributed by atoms with Crippen LogP contribution in [0.3, 0.4) is 0 Å². The van der Waals surface area contributed by atoms with Crippen molar-refractivity contribution in [3.05, 3.63) is 107 Å². The largest absolute Gasteiger partial charge is 0.379 e. The molecule has 1 heterocycles. The van der Waals surface area contributed by atoms with Gasteiger partial charge in [0.05, 0.1) is 27.0 Å². The molecule has 0 spiro atoms. The van der Waals surface area contributed by atoms with Crippen LogP contribution >= 0.6 is 23.2 Å². The summed E-state index contributed by atoms with van der Waals surface area (Å²) in [5, 5.41) is 9.40. The van der Waals surface area contributed by atoms with Crippen molar-refractivity contribution in [3.63, 3.8) is 0 Å². The molecule has 0 bridgehead atoms. The number of fused-ring (bicyclic) bond motifs is 3. The van der Waals surface area contributed by atoms with Crippen molar-refractivity contribution in [2.75, 3.05) is 22.1 Å². The predicted octanol–water partition coefficient (Wildman–Crippen LogP) is 7.48. The minimum absolute atomic E-state index is 0.266. The van der Waals surface area contributed by atoms with Crippen molar-refractivity contribution in [1.82, 2.24) is 0 Å². The summed E-state index contributed by atoms with van der Waals surface area (Å²) in [5.41, 5.74) is 4.07. The molecule has 0 aromatic heterocycles. The van der Waals surface area contributed by atoms with Gasteiger partial charge in [-0.1, -0.05) is 59.6 Å². The van der Waals surface area contributed by atoms with E-state index in [0.717, 1.165) is 23.6 Å². The van der Waals surface area contributed by atoms with Crippen molar-refractivity contribution in [3.8, 4) is 0 Å². The van der Waals surface area contributed by atoms with Crippen LogP contribution in [0.15, 0.2) is 91.1 Å². The monoisotopic (exact) mass is 459 g/mol. The third-order valence-corrected chi connectivity index (χ3v) is 6.04. The number of nitrogens with zero attached hydrogens (tertiary/aromatic N) is 1. The van der Waals surface area contributed by atoms with Gasteiger partial charge in [-0.05, 0) is 53.9 Å². The Morgan fingerprint density at radius 3 is 2.41 bits per heavy atom. The van der Waals surface area contributed by atoms with Crippen LogP contribution in [0.2, 0.25) is 10.0 Å². The maximum atomic E-state index is 12.7. The summed E-state index contributed by atoms with van der Waals surface area (Å²) < 4.78 is 0. The summed E-state index contributed by atoms with van der Waals surface area (Å²) in [4.78, 5) is 14.8. The first kappa shape index (κ1) is 20.4. The zero-order valence-corrected chi connectivity index (χ0v) is 18.5. The molecule has 0 atom stereocenters. The Kier molecular flexibility index (Phi) is 5.48. The van der Waals surface area contributed by atoms with E-state index in [4.69, 9.17) is 23.2 Å². The Morgan fingerprint density at radius 1 is 0.875 bits per heavy atom. The van der Waals surface area contributed by atoms with Crippen molar-refractivity contribution in [2.45, 2.75) is 0 Å². The number of hydrogen-bond acceptors (Lipinski definition) is 3. The van der Waals surface area contributed by atoms with Crippen LogP contribution in [0.1, 0.15) is 10.4 Å². The number of rotatable bonds is 3. The van der Waals surface area contributed by atoms with Gasteiger partial charge < -0.3 is 15.5 Å². The average molecular weight is 460 g/mol. The highest BCUT2D eigenvalue weighted by Crippen LogP contribution is 2.39. The molecule has 0 saturated carbocycles. The van der Waals surface area contributed by atoms with E-state index >= 15 is 0 Å². The fourth-order valence-electron chi connectivity index (χ4n) is 3.88. The third kappa shape index (κ3) is 3.79. The molecule has 6 heteroatoms. The van der Waals surface area contributed by atoms with Gasteiger partial charge in [0.25, 0.3) is 5.91 Å². The molecule has 0 unspecified atom stereocenters. The molecule has 1 aliphatic heterocycles. The van der Waals surface area contributed by atoms with Crippen molar-refractivity contribution >= 4 is 62.6 Å². The third-order valence-electron chi connectivity index (χ3n) is 5.41. The Hall–Kier alpha value is -3.47. The highest BCUT2D eigenvalue weighted by Gasteiger charge is 2.17. The van der Waals surface area contributed by atoms with Gasteiger partial charge in [0, 0.05) is 29.5 Å². The number of anilines is 4. The lowest BCUT2D eigenvalue weighted by molar-refractivity contribution is 0.102. The Balaban J connectivity index is 1.44. The molecule has 158 valence electrons. The van der Waals surface area contributed by atoms with Gasteiger partial charge in [-0.15, -0.1) is 0 Å². The number of amides is 1. The highest BCUT2D eigenvalue weighted by atomic mass is 35.5. The average Bonchev–Trinajstić information content (AvgIpc) is 3.02. The number of halogens is 2. The molecule has 0 saturated heterocycles. The molecule has 2 N–H and O–H groups in total. The Morgan fingerprint density at radius 2 is 1.62 bits per heavy atom. The molecular weight excluding hydrogens is 441 g/mol. The van der Waals surface area contributed by atoms with E-state index in [9.17, 15) is 4.79 Å². The zero-order chi connectivity index (χ0) is 22.1. The van der Waals surface area contributed by atoms with Crippen LogP contribution in [0.4, 0.5) is 22.7 Å². The van der Waals surface area contributed by atoms with E-state index in [2.05, 4.69) is 58.1 Å². The zero-order valence-electron chi connectivity index (χ0n) is 17.0. The first-order valence-corrected chi connectivity index (χ1v) is 10.9. The Labute approximate surface area is 196 Å². The summed E-state index contributed by atoms with van der Waals surface area (Å²) >= 11 is 12.3. The summed E-state index contributed by atoms with van der Waals surface area (Å²) in [5.74, 6) is -0.343. The van der Waals surface area contributed by atoms with Crippen LogP contribution in [0.5, 0.6) is 0 Å². The second-order valence-electron chi connectivity index (χ2n) is 7.41. The molecule has 1 amide bonds. The smallest absolute Gasteiger partial charge is 0.258 e. The van der Waals surface area contributed by atoms with E-state index in [-0.39, 0.29) is 11.5 Å². The van der Waals surface area contributed by atoms with Gasteiger partial charge in [0.15, 0.2) is 0 Å². The minimum Gasteiger partial charge on any atom is -0.379 e. The molecular formula is C26H19Cl2N3O. The fraction of sp³-hybridized carbons (Fsp3) is 0.0385. The van der Waals surface area contributed by atoms with Crippen molar-refractivity contribution < 1.29 is 4.79 Å². The summed E-state index contributed by atoms with van der Waals surface area (Å²) in [6.07, 6.45) is 4.15. The lowest BCUT2D eigenvalue weighted by atomic mass is 10.1. The number of nitrogens with one attached hydrogen (secondary N) is 2. The molecule has 0 aliphatic carbocycles. The standard InChI is InChI=1S/C26H19Cl2N3O/c27-21-7-3-8-22(28)24(21)26(32)30-18-10-12-19(13-11-18)31-16-4-15-29-25-20-6-2-1-5-17(20)9-14-23(25)31/h1-14,16,29H,15H2,(H,30,32). The maximum absolute atomic E-state index is 12.7. The molecule has 4 aromatic rings. The molecule has 1 aliphatic rings. The lowest BCUT2D eigenvalue weighted by Gasteiger charge is -2.23. The lowest BCUT2D eigenvalue weighted by Crippen LogP contribution is -2.13. The number of benzene rings is 4. The second-order valence-corrected chi connectivity index (χ2v) is 8.23. The topological polar surface area (TPSA) is 44.4 Å². The van der Waals surface area contributed by atoms with Crippen LogP contribution in [0.25, 0.3) is 10.8 Å². The molecule has 0 fully saturated rings. The SMILES string of the molecule is O=C(Nc1ccc(N2C=CCNc3c2ccc2ccccc32)cc1)c1c(Cl)cccc1Cl. The maximum Gasteiger partial charge on any atom is 0.258 e. The van der Waals surface area contributed by atoms with Gasteiger partial charge in [0.2, 0.25) is 0 Å². The Bertz CT molecular complexity index is 1330. The van der Waals surface area contributed by atoms with E-state index in [1.807, 2.05) is 30.3 Å². The number of hydrogen-bond donors (Lipinski definition) is 2. The van der Waals surface area contributed by atoms with Gasteiger partial charge >= 0.3 is 0 Å². The molecule has 32 heavy (non-hydrogen) atoms. The van der Waals surface area contributed by atoms with E-state index < -0.39 is 0 Å². The van der Waals surface area contributed by atoms with Gasteiger partial charge in [-0.2, -0.15) is 0 Å². The minimum atomic E-state index is -0.343. The quantitative estimate of drug-likeness (QED) is 0.333. The first-order chi connectivity index (χ1) is 15.6. The van der Waals surface area contributed by atoms with Gasteiger partial charge in [0.1, 0.15) is 0 Å². The number of carbonyl (C=O) groups is 1. The van der Waals surface area contributed by atoms with Gasteiger partial charge in [-0.3, -0.25) is 4.79 Å². The van der Waals surface area contributed by atoms with Gasteiger partial charge in [-0.25, -0.2) is 0 Å². The van der Waals surface area contributed by atoms with E-state index in [1.54, 1.807) is 18.2 Å². The van der Waals surface area contributed by atoms with Crippen molar-refractivity contribution in [1.29, 1.82) is 0 Å². The van der Waals surface area contributed by atoms with Crippen LogP contribution < -0.4 is 15.5 Å². The normalized spacial score (nSPS) is 12.8. The summed E-state index contributed by atoms with van der Waals surface area (Å²) in [6.45, 7) is 0.740. The fourth-order valence-corrected chi connectivity index (χ4v) is 4.45.